The number of ketones is 1. The van der Waals surface area contributed by atoms with Gasteiger partial charge in [-0.15, -0.1) is 0 Å². The molecule has 0 heterocycles. The zero-order chi connectivity index (χ0) is 12.3. The number of nitrogens with zero attached hydrogens (tertiary/aromatic N) is 1. The second-order valence-electron chi connectivity index (χ2n) is 3.41. The molecular weight excluding hydrogens is 210 g/mol. The van der Waals surface area contributed by atoms with Crippen molar-refractivity contribution in [1.82, 2.24) is 4.90 Å². The number of rotatable bonds is 3. The van der Waals surface area contributed by atoms with Crippen LogP contribution in [0.1, 0.15) is 20.7 Å². The third-order valence-electron chi connectivity index (χ3n) is 1.99. The van der Waals surface area contributed by atoms with E-state index in [2.05, 4.69) is 0 Å². The summed E-state index contributed by atoms with van der Waals surface area (Å²) in [5.41, 5.74) is 0.467. The summed E-state index contributed by atoms with van der Waals surface area (Å²) in [6.07, 6.45) is 0. The number of carboxylic acid groups (broad SMARTS) is 1. The highest BCUT2D eigenvalue weighted by Gasteiger charge is 2.15. The minimum atomic E-state index is -1.51. The van der Waals surface area contributed by atoms with E-state index in [1.165, 1.54) is 29.2 Å². The van der Waals surface area contributed by atoms with E-state index in [1.54, 1.807) is 14.1 Å². The molecule has 5 heteroatoms. The Hall–Kier alpha value is -2.17. The lowest BCUT2D eigenvalue weighted by Crippen LogP contribution is -2.21. The van der Waals surface area contributed by atoms with E-state index in [9.17, 15) is 14.4 Å². The van der Waals surface area contributed by atoms with Crippen LogP contribution in [0.5, 0.6) is 0 Å². The lowest BCUT2D eigenvalue weighted by Gasteiger charge is -2.09. The molecule has 1 aromatic carbocycles. The number of carbonyl (C=O) groups is 3. The van der Waals surface area contributed by atoms with Crippen molar-refractivity contribution < 1.29 is 19.5 Å². The van der Waals surface area contributed by atoms with Crippen LogP contribution in [0.25, 0.3) is 0 Å². The first kappa shape index (κ1) is 11.9. The monoisotopic (exact) mass is 221 g/mol. The predicted molar refractivity (Wildman–Crippen MR) is 56.4 cm³/mol. The van der Waals surface area contributed by atoms with Crippen LogP contribution in [-0.2, 0) is 4.79 Å². The van der Waals surface area contributed by atoms with Gasteiger partial charge in [-0.25, -0.2) is 4.79 Å². The number of Topliss-reactive ketones (excluding diaryl/α,β-unsaturated/α-hetero) is 1. The summed E-state index contributed by atoms with van der Waals surface area (Å²) in [6, 6.07) is 5.51. The van der Waals surface area contributed by atoms with Crippen molar-refractivity contribution in [3.8, 4) is 0 Å². The third kappa shape index (κ3) is 2.44. The Morgan fingerprint density at radius 3 is 1.81 bits per heavy atom. The second kappa shape index (κ2) is 4.57. The Bertz CT molecular complexity index is 434. The van der Waals surface area contributed by atoms with Crippen LogP contribution in [0.2, 0.25) is 0 Å². The largest absolute Gasteiger partial charge is 0.475 e. The van der Waals surface area contributed by atoms with Crippen LogP contribution < -0.4 is 0 Å². The molecule has 0 radical (unpaired) electrons. The third-order valence-corrected chi connectivity index (χ3v) is 1.99. The van der Waals surface area contributed by atoms with E-state index in [1.807, 2.05) is 0 Å². The lowest BCUT2D eigenvalue weighted by atomic mass is 10.1. The van der Waals surface area contributed by atoms with Crippen molar-refractivity contribution in [3.63, 3.8) is 0 Å². The minimum absolute atomic E-state index is 0.0582. The Morgan fingerprint density at radius 2 is 1.44 bits per heavy atom. The highest BCUT2D eigenvalue weighted by Crippen LogP contribution is 2.07. The predicted octanol–water partition coefficient (Wildman–Crippen LogP) is 0.656. The maximum absolute atomic E-state index is 11.5. The van der Waals surface area contributed by atoms with Crippen molar-refractivity contribution in [2.24, 2.45) is 0 Å². The normalized spacial score (nSPS) is 9.62. The lowest BCUT2D eigenvalue weighted by molar-refractivity contribution is -0.131. The number of carboxylic acids is 1. The number of benzene rings is 1. The van der Waals surface area contributed by atoms with Gasteiger partial charge >= 0.3 is 5.97 Å². The first-order chi connectivity index (χ1) is 7.43. The Kier molecular flexibility index (Phi) is 3.40. The van der Waals surface area contributed by atoms with E-state index in [-0.39, 0.29) is 11.5 Å². The zero-order valence-corrected chi connectivity index (χ0v) is 8.93. The summed E-state index contributed by atoms with van der Waals surface area (Å²) >= 11 is 0. The van der Waals surface area contributed by atoms with Crippen molar-refractivity contribution >= 4 is 17.7 Å². The average molecular weight is 221 g/mol. The Morgan fingerprint density at radius 1 is 1.00 bits per heavy atom. The molecule has 0 aliphatic heterocycles. The van der Waals surface area contributed by atoms with Crippen LogP contribution in [-0.4, -0.2) is 41.8 Å². The van der Waals surface area contributed by atoms with Crippen molar-refractivity contribution in [1.29, 1.82) is 0 Å². The quantitative estimate of drug-likeness (QED) is 0.600. The molecule has 16 heavy (non-hydrogen) atoms. The van der Waals surface area contributed by atoms with Gasteiger partial charge in [0, 0.05) is 25.2 Å². The van der Waals surface area contributed by atoms with Gasteiger partial charge in [-0.3, -0.25) is 9.59 Å². The summed E-state index contributed by atoms with van der Waals surface area (Å²) in [6.45, 7) is 0. The standard InChI is InChI=1S/C11H11NO4/c1-12(2)10(14)8-5-3-7(4-6-8)9(13)11(15)16/h3-6H,1-2H3,(H,15,16). The zero-order valence-electron chi connectivity index (χ0n) is 8.93. The molecule has 0 atom stereocenters. The van der Waals surface area contributed by atoms with Gasteiger partial charge in [0.15, 0.2) is 0 Å². The molecule has 0 unspecified atom stereocenters. The molecule has 0 spiro atoms. The van der Waals surface area contributed by atoms with Gasteiger partial charge in [0.2, 0.25) is 0 Å². The molecule has 1 N–H and O–H groups in total. The summed E-state index contributed by atoms with van der Waals surface area (Å²) < 4.78 is 0. The number of aliphatic carboxylic acids is 1. The van der Waals surface area contributed by atoms with E-state index in [4.69, 9.17) is 5.11 Å². The fourth-order valence-electron chi connectivity index (χ4n) is 1.15. The topological polar surface area (TPSA) is 74.7 Å². The molecule has 0 bridgehead atoms. The number of carbonyl (C=O) groups excluding carboxylic acids is 2. The number of hydrogen-bond acceptors (Lipinski definition) is 3. The van der Waals surface area contributed by atoms with Gasteiger partial charge < -0.3 is 10.0 Å². The SMILES string of the molecule is CN(C)C(=O)c1ccc(C(=O)C(=O)O)cc1. The van der Waals surface area contributed by atoms with E-state index >= 15 is 0 Å². The number of amides is 1. The van der Waals surface area contributed by atoms with Crippen LogP contribution in [0.3, 0.4) is 0 Å². The van der Waals surface area contributed by atoms with Crippen LogP contribution in [0.15, 0.2) is 24.3 Å². The molecule has 0 saturated heterocycles. The maximum Gasteiger partial charge on any atom is 0.377 e. The summed E-state index contributed by atoms with van der Waals surface area (Å²) in [5.74, 6) is -2.69. The van der Waals surface area contributed by atoms with Crippen LogP contribution >= 0.6 is 0 Å². The van der Waals surface area contributed by atoms with Gasteiger partial charge in [0.1, 0.15) is 0 Å². The van der Waals surface area contributed by atoms with Crippen molar-refractivity contribution in [2.45, 2.75) is 0 Å². The molecule has 1 rings (SSSR count). The van der Waals surface area contributed by atoms with E-state index < -0.39 is 11.8 Å². The average Bonchev–Trinajstić information content (AvgIpc) is 2.27. The molecule has 0 fully saturated rings. The smallest absolute Gasteiger partial charge is 0.377 e. The van der Waals surface area contributed by atoms with Crippen molar-refractivity contribution in [3.05, 3.63) is 35.4 Å². The molecule has 0 aliphatic carbocycles. The fourth-order valence-corrected chi connectivity index (χ4v) is 1.15. The van der Waals surface area contributed by atoms with Gasteiger partial charge in [0.25, 0.3) is 11.7 Å². The van der Waals surface area contributed by atoms with Crippen LogP contribution in [0, 0.1) is 0 Å². The maximum atomic E-state index is 11.5. The molecule has 5 nitrogen and oxygen atoms in total. The summed E-state index contributed by atoms with van der Waals surface area (Å²) in [4.78, 5) is 34.3. The Labute approximate surface area is 92.3 Å². The van der Waals surface area contributed by atoms with Gasteiger partial charge in [-0.2, -0.15) is 0 Å². The molecular formula is C11H11NO4. The van der Waals surface area contributed by atoms with Gasteiger partial charge in [-0.1, -0.05) is 0 Å². The second-order valence-corrected chi connectivity index (χ2v) is 3.41. The van der Waals surface area contributed by atoms with Gasteiger partial charge in [0.05, 0.1) is 0 Å². The molecule has 1 amide bonds. The van der Waals surface area contributed by atoms with E-state index in [0.29, 0.717) is 5.56 Å². The first-order valence-electron chi connectivity index (χ1n) is 4.53. The molecule has 0 saturated carbocycles. The molecule has 0 aliphatic rings. The highest BCUT2D eigenvalue weighted by molar-refractivity contribution is 6.39. The minimum Gasteiger partial charge on any atom is -0.475 e. The first-order valence-corrected chi connectivity index (χ1v) is 4.53. The molecule has 0 aromatic heterocycles. The highest BCUT2D eigenvalue weighted by atomic mass is 16.4. The van der Waals surface area contributed by atoms with E-state index in [0.717, 1.165) is 0 Å². The van der Waals surface area contributed by atoms with Gasteiger partial charge in [-0.05, 0) is 24.3 Å². The summed E-state index contributed by atoms with van der Waals surface area (Å²) in [5, 5.41) is 8.48. The number of hydrogen-bond donors (Lipinski definition) is 1. The Balaban J connectivity index is 2.96. The summed E-state index contributed by atoms with van der Waals surface area (Å²) in [7, 11) is 3.22. The molecule has 1 aromatic rings. The van der Waals surface area contributed by atoms with Crippen molar-refractivity contribution in [2.75, 3.05) is 14.1 Å². The van der Waals surface area contributed by atoms with Crippen LogP contribution in [0.4, 0.5) is 0 Å². The molecule has 84 valence electrons. The fraction of sp³-hybridized carbons (Fsp3) is 0.182.